The van der Waals surface area contributed by atoms with Gasteiger partial charge >= 0.3 is 0 Å². The van der Waals surface area contributed by atoms with Gasteiger partial charge in [-0.15, -0.1) is 0 Å². The Balaban J connectivity index is 1.62. The van der Waals surface area contributed by atoms with Crippen LogP contribution >= 0.6 is 0 Å². The molecule has 0 spiro atoms. The first-order chi connectivity index (χ1) is 13.6. The van der Waals surface area contributed by atoms with Gasteiger partial charge in [-0.25, -0.2) is 4.39 Å². The van der Waals surface area contributed by atoms with E-state index >= 15 is 0 Å². The lowest BCUT2D eigenvalue weighted by molar-refractivity contribution is 0.0600. The summed E-state index contributed by atoms with van der Waals surface area (Å²) in [5.74, 6) is 0.946. The fourth-order valence-electron chi connectivity index (χ4n) is 2.90. The highest BCUT2D eigenvalue weighted by molar-refractivity contribution is 5.75. The minimum Gasteiger partial charge on any atom is -0.491 e. The molecular weight excluding hydrogens is 361 g/mol. The van der Waals surface area contributed by atoms with Crippen LogP contribution in [0, 0.1) is 5.82 Å². The number of halogens is 1. The van der Waals surface area contributed by atoms with Crippen molar-refractivity contribution in [3.05, 3.63) is 89.6 Å². The zero-order chi connectivity index (χ0) is 19.8. The number of carbonyl (C=O) groups excluding carboxylic acids is 1. The maximum absolute atomic E-state index is 14.0. The van der Waals surface area contributed by atoms with Crippen molar-refractivity contribution in [1.29, 1.82) is 0 Å². The third kappa shape index (κ3) is 5.77. The molecule has 0 saturated carbocycles. The van der Waals surface area contributed by atoms with E-state index in [0.717, 1.165) is 12.0 Å². The standard InChI is InChI=1S/C22H22FNO4/c23-22-9-2-1-6-18(22)12-24(14-21-8-4-10-27-21)13-19(26)16-28-20-7-3-5-17(11-20)15-25/h1-11,15,19,26H,12-14,16H2. The lowest BCUT2D eigenvalue weighted by Crippen LogP contribution is -2.35. The summed E-state index contributed by atoms with van der Waals surface area (Å²) in [4.78, 5) is 12.7. The fourth-order valence-corrected chi connectivity index (χ4v) is 2.90. The van der Waals surface area contributed by atoms with Crippen LogP contribution in [0.4, 0.5) is 4.39 Å². The second kappa shape index (κ2) is 9.82. The minimum absolute atomic E-state index is 0.0498. The number of aldehydes is 1. The number of aliphatic hydroxyl groups is 1. The van der Waals surface area contributed by atoms with E-state index in [2.05, 4.69) is 0 Å². The number of rotatable bonds is 10. The van der Waals surface area contributed by atoms with Crippen LogP contribution < -0.4 is 4.74 Å². The van der Waals surface area contributed by atoms with Gasteiger partial charge in [-0.3, -0.25) is 9.69 Å². The van der Waals surface area contributed by atoms with Gasteiger partial charge in [-0.1, -0.05) is 30.3 Å². The van der Waals surface area contributed by atoms with Crippen LogP contribution in [-0.2, 0) is 13.1 Å². The van der Waals surface area contributed by atoms with Crippen molar-refractivity contribution in [2.75, 3.05) is 13.2 Å². The molecule has 1 unspecified atom stereocenters. The summed E-state index contributed by atoms with van der Waals surface area (Å²) in [6.07, 6.45) is 1.51. The first-order valence-corrected chi connectivity index (χ1v) is 8.98. The zero-order valence-electron chi connectivity index (χ0n) is 15.3. The summed E-state index contributed by atoms with van der Waals surface area (Å²) >= 11 is 0. The Morgan fingerprint density at radius 1 is 1.11 bits per heavy atom. The molecule has 1 heterocycles. The van der Waals surface area contributed by atoms with E-state index < -0.39 is 6.10 Å². The zero-order valence-corrected chi connectivity index (χ0v) is 15.3. The molecule has 3 aromatic rings. The van der Waals surface area contributed by atoms with Crippen molar-refractivity contribution >= 4 is 6.29 Å². The van der Waals surface area contributed by atoms with Crippen molar-refractivity contribution in [2.45, 2.75) is 19.2 Å². The highest BCUT2D eigenvalue weighted by Gasteiger charge is 2.16. The second-order valence-corrected chi connectivity index (χ2v) is 6.50. The van der Waals surface area contributed by atoms with Crippen LogP contribution in [0.15, 0.2) is 71.3 Å². The van der Waals surface area contributed by atoms with Crippen molar-refractivity contribution in [1.82, 2.24) is 4.90 Å². The molecule has 146 valence electrons. The number of carbonyl (C=O) groups is 1. The van der Waals surface area contributed by atoms with Gasteiger partial charge in [0.2, 0.25) is 0 Å². The maximum atomic E-state index is 14.0. The lowest BCUT2D eigenvalue weighted by atomic mass is 10.2. The number of benzene rings is 2. The Morgan fingerprint density at radius 2 is 1.96 bits per heavy atom. The Hall–Kier alpha value is -2.96. The summed E-state index contributed by atoms with van der Waals surface area (Å²) in [6, 6.07) is 16.9. The predicted molar refractivity (Wildman–Crippen MR) is 103 cm³/mol. The average Bonchev–Trinajstić information content (AvgIpc) is 3.21. The molecule has 3 rings (SSSR count). The van der Waals surface area contributed by atoms with Gasteiger partial charge in [0.05, 0.1) is 12.8 Å². The van der Waals surface area contributed by atoms with E-state index in [1.54, 1.807) is 54.8 Å². The van der Waals surface area contributed by atoms with E-state index in [-0.39, 0.29) is 19.0 Å². The quantitative estimate of drug-likeness (QED) is 0.541. The van der Waals surface area contributed by atoms with Gasteiger partial charge in [0.1, 0.15) is 36.3 Å². The van der Waals surface area contributed by atoms with Crippen molar-refractivity contribution < 1.29 is 23.4 Å². The highest BCUT2D eigenvalue weighted by Crippen LogP contribution is 2.15. The average molecular weight is 383 g/mol. The molecule has 0 bridgehead atoms. The van der Waals surface area contributed by atoms with Gasteiger partial charge < -0.3 is 14.3 Å². The van der Waals surface area contributed by atoms with Crippen LogP contribution in [0.2, 0.25) is 0 Å². The summed E-state index contributed by atoms with van der Waals surface area (Å²) in [6.45, 7) is 1.07. The first-order valence-electron chi connectivity index (χ1n) is 8.98. The number of hydrogen-bond donors (Lipinski definition) is 1. The number of furan rings is 1. The molecule has 1 N–H and O–H groups in total. The minimum atomic E-state index is -0.804. The Labute approximate surface area is 163 Å². The summed E-state index contributed by atoms with van der Waals surface area (Å²) in [5.41, 5.74) is 1.05. The van der Waals surface area contributed by atoms with Gasteiger partial charge in [0, 0.05) is 24.2 Å². The van der Waals surface area contributed by atoms with Gasteiger partial charge in [0.25, 0.3) is 0 Å². The third-order valence-corrected chi connectivity index (χ3v) is 4.22. The molecule has 28 heavy (non-hydrogen) atoms. The molecule has 0 radical (unpaired) electrons. The molecule has 5 nitrogen and oxygen atoms in total. The SMILES string of the molecule is O=Cc1cccc(OCC(O)CN(Cc2ccco2)Cc2ccccc2F)c1. The lowest BCUT2D eigenvalue weighted by Gasteiger charge is -2.24. The monoisotopic (exact) mass is 383 g/mol. The van der Waals surface area contributed by atoms with Gasteiger partial charge in [0.15, 0.2) is 0 Å². The predicted octanol–water partition coefficient (Wildman–Crippen LogP) is 3.67. The summed E-state index contributed by atoms with van der Waals surface area (Å²) in [5, 5.41) is 10.4. The van der Waals surface area contributed by atoms with Gasteiger partial charge in [-0.2, -0.15) is 0 Å². The van der Waals surface area contributed by atoms with E-state index in [4.69, 9.17) is 9.15 Å². The largest absolute Gasteiger partial charge is 0.491 e. The molecule has 0 amide bonds. The van der Waals surface area contributed by atoms with Crippen LogP contribution in [0.3, 0.4) is 0 Å². The van der Waals surface area contributed by atoms with Crippen molar-refractivity contribution in [3.63, 3.8) is 0 Å². The summed E-state index contributed by atoms with van der Waals surface area (Å²) in [7, 11) is 0. The van der Waals surface area contributed by atoms with Crippen LogP contribution in [0.5, 0.6) is 5.75 Å². The third-order valence-electron chi connectivity index (χ3n) is 4.22. The maximum Gasteiger partial charge on any atom is 0.150 e. The molecule has 1 atom stereocenters. The van der Waals surface area contributed by atoms with E-state index in [0.29, 0.717) is 30.0 Å². The van der Waals surface area contributed by atoms with E-state index in [1.165, 1.54) is 6.07 Å². The highest BCUT2D eigenvalue weighted by atomic mass is 19.1. The number of nitrogens with zero attached hydrogens (tertiary/aromatic N) is 1. The smallest absolute Gasteiger partial charge is 0.150 e. The van der Waals surface area contributed by atoms with Crippen molar-refractivity contribution in [2.24, 2.45) is 0 Å². The molecule has 1 aromatic heterocycles. The molecule has 6 heteroatoms. The second-order valence-electron chi connectivity index (χ2n) is 6.50. The number of hydrogen-bond acceptors (Lipinski definition) is 5. The van der Waals surface area contributed by atoms with Crippen LogP contribution in [0.25, 0.3) is 0 Å². The Kier molecular flexibility index (Phi) is 6.94. The van der Waals surface area contributed by atoms with E-state index in [1.807, 2.05) is 11.0 Å². The first kappa shape index (κ1) is 19.8. The Morgan fingerprint density at radius 3 is 2.71 bits per heavy atom. The molecule has 2 aromatic carbocycles. The molecule has 0 aliphatic rings. The van der Waals surface area contributed by atoms with Crippen LogP contribution in [-0.4, -0.2) is 35.5 Å². The topological polar surface area (TPSA) is 62.9 Å². The van der Waals surface area contributed by atoms with Crippen LogP contribution in [0.1, 0.15) is 21.7 Å². The molecule has 0 fully saturated rings. The van der Waals surface area contributed by atoms with E-state index in [9.17, 15) is 14.3 Å². The van der Waals surface area contributed by atoms with Gasteiger partial charge in [-0.05, 0) is 30.3 Å². The molecule has 0 aliphatic heterocycles. The fraction of sp³-hybridized carbons (Fsp3) is 0.227. The number of aliphatic hydroxyl groups excluding tert-OH is 1. The number of ether oxygens (including phenoxy) is 1. The Bertz CT molecular complexity index is 882. The molecular formula is C22H22FNO4. The molecule has 0 aliphatic carbocycles. The summed E-state index contributed by atoms with van der Waals surface area (Å²) < 4.78 is 25.0. The normalized spacial score (nSPS) is 12.1. The van der Waals surface area contributed by atoms with Crippen molar-refractivity contribution in [3.8, 4) is 5.75 Å². The molecule has 0 saturated heterocycles.